The van der Waals surface area contributed by atoms with Crippen molar-refractivity contribution < 1.29 is 18.7 Å². The Balaban J connectivity index is 1.91. The minimum atomic E-state index is -0.479. The molecule has 1 aromatic heterocycles. The van der Waals surface area contributed by atoms with Crippen LogP contribution < -0.4 is 4.90 Å². The second-order valence-electron chi connectivity index (χ2n) is 4.96. The zero-order valence-electron chi connectivity index (χ0n) is 12.9. The number of hydrogen-bond donors (Lipinski definition) is 0. The molecule has 3 rings (SSSR count). The summed E-state index contributed by atoms with van der Waals surface area (Å²) in [5.41, 5.74) is 1.05. The number of amides is 1. The molecule has 0 aliphatic carbocycles. The molecular formula is C17H13NO4S2. The minimum absolute atomic E-state index is 0.218. The van der Waals surface area contributed by atoms with E-state index in [4.69, 9.17) is 21.4 Å². The number of para-hydroxylation sites is 1. The summed E-state index contributed by atoms with van der Waals surface area (Å²) >= 11 is 6.50. The summed E-state index contributed by atoms with van der Waals surface area (Å²) < 4.78 is 10.7. The topological polar surface area (TPSA) is 59.8 Å². The molecule has 24 heavy (non-hydrogen) atoms. The lowest BCUT2D eigenvalue weighted by Crippen LogP contribution is -2.27. The van der Waals surface area contributed by atoms with Crippen molar-refractivity contribution in [2.45, 2.75) is 6.92 Å². The third-order valence-corrected chi connectivity index (χ3v) is 4.73. The van der Waals surface area contributed by atoms with Gasteiger partial charge in [-0.2, -0.15) is 0 Å². The van der Waals surface area contributed by atoms with Crippen molar-refractivity contribution in [2.24, 2.45) is 0 Å². The molecule has 0 radical (unpaired) electrons. The van der Waals surface area contributed by atoms with Gasteiger partial charge in [-0.15, -0.1) is 0 Å². The van der Waals surface area contributed by atoms with Crippen LogP contribution in [0.25, 0.3) is 6.08 Å². The van der Waals surface area contributed by atoms with Crippen molar-refractivity contribution in [1.29, 1.82) is 0 Å². The van der Waals surface area contributed by atoms with Gasteiger partial charge in [0.05, 0.1) is 17.7 Å². The maximum Gasteiger partial charge on any atom is 0.341 e. The first kappa shape index (κ1) is 16.5. The normalized spacial score (nSPS) is 16.1. The van der Waals surface area contributed by atoms with E-state index in [1.807, 2.05) is 30.3 Å². The summed E-state index contributed by atoms with van der Waals surface area (Å²) in [5, 5.41) is 0. The van der Waals surface area contributed by atoms with Crippen LogP contribution in [-0.2, 0) is 9.53 Å². The number of benzene rings is 1. The summed E-state index contributed by atoms with van der Waals surface area (Å²) in [5.74, 6) is 0.144. The molecule has 0 N–H and O–H groups in total. The van der Waals surface area contributed by atoms with Gasteiger partial charge in [0.25, 0.3) is 5.91 Å². The van der Waals surface area contributed by atoms with Crippen LogP contribution in [0, 0.1) is 6.92 Å². The maximum atomic E-state index is 12.6. The standard InChI is InChI=1S/C17H13NO4S2/c1-10-13(16(20)21-2)8-12(22-10)9-14-15(19)18(17(23)24-14)11-6-4-3-5-7-11/h3-9H,1-2H3/b14-9-. The van der Waals surface area contributed by atoms with Gasteiger partial charge in [0.15, 0.2) is 4.32 Å². The fraction of sp³-hybridized carbons (Fsp3) is 0.118. The first-order valence-electron chi connectivity index (χ1n) is 7.03. The van der Waals surface area contributed by atoms with Crippen LogP contribution in [0.1, 0.15) is 21.9 Å². The SMILES string of the molecule is COC(=O)c1cc(/C=C2\SC(=S)N(c3ccccc3)C2=O)oc1C. The molecule has 1 fully saturated rings. The van der Waals surface area contributed by atoms with Crippen molar-refractivity contribution >= 4 is 51.9 Å². The molecule has 2 heterocycles. The Morgan fingerprint density at radius 3 is 2.71 bits per heavy atom. The predicted molar refractivity (Wildman–Crippen MR) is 96.9 cm³/mol. The van der Waals surface area contributed by atoms with Gasteiger partial charge in [-0.25, -0.2) is 4.79 Å². The van der Waals surface area contributed by atoms with E-state index in [2.05, 4.69) is 0 Å². The van der Waals surface area contributed by atoms with Crippen molar-refractivity contribution in [3.8, 4) is 0 Å². The number of methoxy groups -OCH3 is 1. The number of rotatable bonds is 3. The highest BCUT2D eigenvalue weighted by molar-refractivity contribution is 8.27. The number of carbonyl (C=O) groups excluding carboxylic acids is 2. The summed E-state index contributed by atoms with van der Waals surface area (Å²) in [6.07, 6.45) is 1.58. The number of nitrogens with zero attached hydrogens (tertiary/aromatic N) is 1. The number of aryl methyl sites for hydroxylation is 1. The molecule has 0 bridgehead atoms. The van der Waals surface area contributed by atoms with Crippen LogP contribution in [-0.4, -0.2) is 23.3 Å². The molecule has 1 aromatic carbocycles. The molecule has 2 aromatic rings. The first-order valence-corrected chi connectivity index (χ1v) is 8.25. The quantitative estimate of drug-likeness (QED) is 0.472. The monoisotopic (exact) mass is 359 g/mol. The van der Waals surface area contributed by atoms with Crippen molar-refractivity contribution in [3.63, 3.8) is 0 Å². The molecule has 1 saturated heterocycles. The fourth-order valence-electron chi connectivity index (χ4n) is 2.29. The van der Waals surface area contributed by atoms with Crippen LogP contribution >= 0.6 is 24.0 Å². The molecule has 0 unspecified atom stereocenters. The van der Waals surface area contributed by atoms with Gasteiger partial charge in [0.2, 0.25) is 0 Å². The molecule has 7 heteroatoms. The third-order valence-electron chi connectivity index (χ3n) is 3.42. The number of hydrogen-bond acceptors (Lipinski definition) is 6. The van der Waals surface area contributed by atoms with Crippen LogP contribution in [0.15, 0.2) is 45.7 Å². The van der Waals surface area contributed by atoms with Gasteiger partial charge in [-0.3, -0.25) is 9.69 Å². The van der Waals surface area contributed by atoms with Crippen LogP contribution in [0.2, 0.25) is 0 Å². The average Bonchev–Trinajstić information content (AvgIpc) is 3.07. The highest BCUT2D eigenvalue weighted by Gasteiger charge is 2.33. The minimum Gasteiger partial charge on any atom is -0.465 e. The van der Waals surface area contributed by atoms with Crippen molar-refractivity contribution in [3.05, 3.63) is 58.4 Å². The number of furan rings is 1. The van der Waals surface area contributed by atoms with Gasteiger partial charge >= 0.3 is 5.97 Å². The Kier molecular flexibility index (Phi) is 4.55. The predicted octanol–water partition coefficient (Wildman–Crippen LogP) is 3.78. The van der Waals surface area contributed by atoms with Crippen LogP contribution in [0.4, 0.5) is 5.69 Å². The Labute approximate surface area is 148 Å². The summed E-state index contributed by atoms with van der Waals surface area (Å²) in [6.45, 7) is 1.67. The van der Waals surface area contributed by atoms with Gasteiger partial charge in [-0.05, 0) is 25.1 Å². The highest BCUT2D eigenvalue weighted by atomic mass is 32.2. The number of thioether (sulfide) groups is 1. The second-order valence-corrected chi connectivity index (χ2v) is 6.64. The van der Waals surface area contributed by atoms with E-state index in [0.717, 1.165) is 0 Å². The molecule has 0 atom stereocenters. The lowest BCUT2D eigenvalue weighted by atomic mass is 10.2. The Bertz CT molecular complexity index is 855. The molecular weight excluding hydrogens is 346 g/mol. The van der Waals surface area contributed by atoms with E-state index in [-0.39, 0.29) is 5.91 Å². The van der Waals surface area contributed by atoms with Crippen LogP contribution in [0.3, 0.4) is 0 Å². The zero-order valence-corrected chi connectivity index (χ0v) is 14.6. The molecule has 1 amide bonds. The van der Waals surface area contributed by atoms with Crippen molar-refractivity contribution in [1.82, 2.24) is 0 Å². The van der Waals surface area contributed by atoms with E-state index < -0.39 is 5.97 Å². The van der Waals surface area contributed by atoms with Gasteiger partial charge in [0.1, 0.15) is 17.1 Å². The Morgan fingerprint density at radius 2 is 2.04 bits per heavy atom. The van der Waals surface area contributed by atoms with Gasteiger partial charge in [0, 0.05) is 6.08 Å². The molecule has 0 spiro atoms. The summed E-state index contributed by atoms with van der Waals surface area (Å²) in [6, 6.07) is 10.7. The van der Waals surface area contributed by atoms with Crippen molar-refractivity contribution in [2.75, 3.05) is 12.0 Å². The molecule has 1 aliphatic rings. The number of esters is 1. The Hall–Kier alpha value is -2.38. The van der Waals surface area contributed by atoms with E-state index in [1.54, 1.807) is 19.1 Å². The smallest absolute Gasteiger partial charge is 0.341 e. The summed E-state index contributed by atoms with van der Waals surface area (Å²) in [7, 11) is 1.30. The molecule has 5 nitrogen and oxygen atoms in total. The number of carbonyl (C=O) groups is 2. The highest BCUT2D eigenvalue weighted by Crippen LogP contribution is 2.36. The number of thiocarbonyl (C=S) groups is 1. The van der Waals surface area contributed by atoms with Gasteiger partial charge < -0.3 is 9.15 Å². The maximum absolute atomic E-state index is 12.6. The molecule has 0 saturated carbocycles. The number of anilines is 1. The van der Waals surface area contributed by atoms with E-state index in [1.165, 1.54) is 23.8 Å². The van der Waals surface area contributed by atoms with Gasteiger partial charge in [-0.1, -0.05) is 42.2 Å². The average molecular weight is 359 g/mol. The second kappa shape index (κ2) is 6.62. The van der Waals surface area contributed by atoms with E-state index in [0.29, 0.717) is 32.0 Å². The van der Waals surface area contributed by atoms with E-state index >= 15 is 0 Å². The van der Waals surface area contributed by atoms with Crippen LogP contribution in [0.5, 0.6) is 0 Å². The lowest BCUT2D eigenvalue weighted by Gasteiger charge is -2.13. The lowest BCUT2D eigenvalue weighted by molar-refractivity contribution is -0.113. The third kappa shape index (κ3) is 3.00. The Morgan fingerprint density at radius 1 is 1.33 bits per heavy atom. The zero-order chi connectivity index (χ0) is 17.3. The van der Waals surface area contributed by atoms with E-state index in [9.17, 15) is 9.59 Å². The molecule has 1 aliphatic heterocycles. The molecule has 122 valence electrons. The fourth-order valence-corrected chi connectivity index (χ4v) is 3.56. The summed E-state index contributed by atoms with van der Waals surface area (Å²) in [4.78, 5) is 26.2. The number of ether oxygens (including phenoxy) is 1. The first-order chi connectivity index (χ1) is 11.5. The largest absolute Gasteiger partial charge is 0.465 e.